The number of halogens is 3. The van der Waals surface area contributed by atoms with E-state index in [2.05, 4.69) is 10.3 Å². The van der Waals surface area contributed by atoms with Crippen LogP contribution in [0.4, 0.5) is 13.2 Å². The van der Waals surface area contributed by atoms with Crippen LogP contribution in [0.3, 0.4) is 0 Å². The molecule has 0 fully saturated rings. The zero-order valence-corrected chi connectivity index (χ0v) is 7.73. The number of rotatable bonds is 3. The summed E-state index contributed by atoms with van der Waals surface area (Å²) in [5.41, 5.74) is 1.54. The zero-order chi connectivity index (χ0) is 10.6. The average molecular weight is 204 g/mol. The molecule has 14 heavy (non-hydrogen) atoms. The highest BCUT2D eigenvalue weighted by atomic mass is 19.4. The molecule has 1 rings (SSSR count). The van der Waals surface area contributed by atoms with E-state index in [0.29, 0.717) is 0 Å². The molecule has 1 aromatic rings. The van der Waals surface area contributed by atoms with Crippen LogP contribution in [0.15, 0.2) is 18.3 Å². The summed E-state index contributed by atoms with van der Waals surface area (Å²) in [6, 6.07) is 3.46. The van der Waals surface area contributed by atoms with Crippen LogP contribution in [0.5, 0.6) is 0 Å². The van der Waals surface area contributed by atoms with E-state index in [4.69, 9.17) is 0 Å². The van der Waals surface area contributed by atoms with Gasteiger partial charge in [-0.3, -0.25) is 4.98 Å². The first-order chi connectivity index (χ1) is 6.49. The van der Waals surface area contributed by atoms with Crippen LogP contribution in [0, 0.1) is 6.92 Å². The van der Waals surface area contributed by atoms with Crippen molar-refractivity contribution >= 4 is 0 Å². The van der Waals surface area contributed by atoms with Crippen LogP contribution < -0.4 is 5.32 Å². The summed E-state index contributed by atoms with van der Waals surface area (Å²) in [6.45, 7) is 0.991. The molecule has 78 valence electrons. The Morgan fingerprint density at radius 3 is 2.71 bits per heavy atom. The van der Waals surface area contributed by atoms with E-state index in [0.717, 1.165) is 11.3 Å². The van der Waals surface area contributed by atoms with Gasteiger partial charge in [-0.1, -0.05) is 6.07 Å². The molecule has 0 radical (unpaired) electrons. The minimum Gasteiger partial charge on any atom is -0.305 e. The van der Waals surface area contributed by atoms with E-state index in [1.54, 1.807) is 25.3 Å². The Hall–Kier alpha value is -1.10. The number of alkyl halides is 3. The van der Waals surface area contributed by atoms with Gasteiger partial charge in [-0.2, -0.15) is 13.2 Å². The highest BCUT2D eigenvalue weighted by molar-refractivity contribution is 5.17. The maximum Gasteiger partial charge on any atom is 0.401 e. The second-order valence-electron chi connectivity index (χ2n) is 2.97. The molecule has 0 aliphatic heterocycles. The molecular formula is C9H11F3N2. The quantitative estimate of drug-likeness (QED) is 0.815. The fraction of sp³-hybridized carbons (Fsp3) is 0.444. The second-order valence-corrected chi connectivity index (χ2v) is 2.97. The minimum absolute atomic E-state index is 0.194. The third kappa shape index (κ3) is 3.74. The molecule has 0 aromatic carbocycles. The van der Waals surface area contributed by atoms with Crippen LogP contribution in [-0.2, 0) is 6.54 Å². The molecule has 0 saturated carbocycles. The van der Waals surface area contributed by atoms with E-state index in [-0.39, 0.29) is 6.54 Å². The number of aromatic nitrogens is 1. The van der Waals surface area contributed by atoms with E-state index in [1.807, 2.05) is 0 Å². The molecule has 5 heteroatoms. The summed E-state index contributed by atoms with van der Waals surface area (Å²) in [5, 5.41) is 2.32. The first-order valence-electron chi connectivity index (χ1n) is 4.17. The fourth-order valence-electron chi connectivity index (χ4n) is 1.04. The van der Waals surface area contributed by atoms with Gasteiger partial charge in [0.05, 0.1) is 6.54 Å². The van der Waals surface area contributed by atoms with Gasteiger partial charge < -0.3 is 5.32 Å². The standard InChI is InChI=1S/C9H11F3N2/c1-7-8(3-2-4-14-7)5-13-6-9(10,11)12/h2-4,13H,5-6H2,1H3. The van der Waals surface area contributed by atoms with Crippen molar-refractivity contribution in [1.82, 2.24) is 10.3 Å². The van der Waals surface area contributed by atoms with Gasteiger partial charge in [-0.15, -0.1) is 0 Å². The smallest absolute Gasteiger partial charge is 0.305 e. The van der Waals surface area contributed by atoms with Gasteiger partial charge in [-0.25, -0.2) is 0 Å². The zero-order valence-electron chi connectivity index (χ0n) is 7.73. The molecule has 1 heterocycles. The lowest BCUT2D eigenvalue weighted by Gasteiger charge is -2.09. The molecule has 0 bridgehead atoms. The SMILES string of the molecule is Cc1ncccc1CNCC(F)(F)F. The predicted molar refractivity (Wildman–Crippen MR) is 46.7 cm³/mol. The van der Waals surface area contributed by atoms with Crippen LogP contribution in [0.2, 0.25) is 0 Å². The van der Waals surface area contributed by atoms with Crippen molar-refractivity contribution in [2.75, 3.05) is 6.54 Å². The largest absolute Gasteiger partial charge is 0.401 e. The Kier molecular flexibility index (Phi) is 3.46. The Morgan fingerprint density at radius 1 is 1.43 bits per heavy atom. The topological polar surface area (TPSA) is 24.9 Å². The van der Waals surface area contributed by atoms with Gasteiger partial charge in [0, 0.05) is 18.4 Å². The monoisotopic (exact) mass is 204 g/mol. The van der Waals surface area contributed by atoms with Crippen LogP contribution in [-0.4, -0.2) is 17.7 Å². The molecule has 1 N–H and O–H groups in total. The molecule has 2 nitrogen and oxygen atoms in total. The lowest BCUT2D eigenvalue weighted by atomic mass is 10.2. The number of nitrogens with zero attached hydrogens (tertiary/aromatic N) is 1. The van der Waals surface area contributed by atoms with Crippen molar-refractivity contribution in [3.05, 3.63) is 29.6 Å². The Labute approximate surface area is 80.2 Å². The Morgan fingerprint density at radius 2 is 2.14 bits per heavy atom. The first kappa shape index (κ1) is 11.0. The third-order valence-electron chi connectivity index (χ3n) is 1.76. The number of pyridine rings is 1. The summed E-state index contributed by atoms with van der Waals surface area (Å²) in [4.78, 5) is 3.97. The average Bonchev–Trinajstić information content (AvgIpc) is 2.06. The number of hydrogen-bond acceptors (Lipinski definition) is 2. The molecule has 0 unspecified atom stereocenters. The summed E-state index contributed by atoms with van der Waals surface area (Å²) >= 11 is 0. The highest BCUT2D eigenvalue weighted by Gasteiger charge is 2.26. The van der Waals surface area contributed by atoms with Gasteiger partial charge in [0.2, 0.25) is 0 Å². The number of hydrogen-bond donors (Lipinski definition) is 1. The van der Waals surface area contributed by atoms with Crippen LogP contribution in [0.1, 0.15) is 11.3 Å². The van der Waals surface area contributed by atoms with Crippen LogP contribution in [0.25, 0.3) is 0 Å². The van der Waals surface area contributed by atoms with Gasteiger partial charge in [0.25, 0.3) is 0 Å². The van der Waals surface area contributed by atoms with Crippen molar-refractivity contribution in [3.8, 4) is 0 Å². The molecule has 0 atom stereocenters. The van der Waals surface area contributed by atoms with Crippen molar-refractivity contribution in [3.63, 3.8) is 0 Å². The lowest BCUT2D eigenvalue weighted by Crippen LogP contribution is -2.28. The summed E-state index contributed by atoms with van der Waals surface area (Å²) < 4.78 is 35.3. The molecule has 0 aliphatic rings. The second kappa shape index (κ2) is 4.41. The minimum atomic E-state index is -4.16. The van der Waals surface area contributed by atoms with E-state index >= 15 is 0 Å². The molecule has 0 amide bonds. The van der Waals surface area contributed by atoms with Gasteiger partial charge in [-0.05, 0) is 18.6 Å². The van der Waals surface area contributed by atoms with Gasteiger partial charge >= 0.3 is 6.18 Å². The summed E-state index contributed by atoms with van der Waals surface area (Å²) in [7, 11) is 0. The molecule has 0 spiro atoms. The molecule has 0 aliphatic carbocycles. The maximum absolute atomic E-state index is 11.8. The molecular weight excluding hydrogens is 193 g/mol. The fourth-order valence-corrected chi connectivity index (χ4v) is 1.04. The van der Waals surface area contributed by atoms with Crippen molar-refractivity contribution in [1.29, 1.82) is 0 Å². The Bertz CT molecular complexity index is 296. The maximum atomic E-state index is 11.8. The van der Waals surface area contributed by atoms with Crippen molar-refractivity contribution in [2.45, 2.75) is 19.6 Å². The highest BCUT2D eigenvalue weighted by Crippen LogP contribution is 2.12. The predicted octanol–water partition coefficient (Wildman–Crippen LogP) is 2.04. The normalized spacial score (nSPS) is 11.7. The van der Waals surface area contributed by atoms with E-state index < -0.39 is 12.7 Å². The van der Waals surface area contributed by atoms with Crippen molar-refractivity contribution < 1.29 is 13.2 Å². The van der Waals surface area contributed by atoms with Crippen molar-refractivity contribution in [2.24, 2.45) is 0 Å². The molecule has 0 saturated heterocycles. The Balaban J connectivity index is 2.43. The lowest BCUT2D eigenvalue weighted by molar-refractivity contribution is -0.125. The van der Waals surface area contributed by atoms with Gasteiger partial charge in [0.15, 0.2) is 0 Å². The molecule has 1 aromatic heterocycles. The van der Waals surface area contributed by atoms with Crippen LogP contribution >= 0.6 is 0 Å². The van der Waals surface area contributed by atoms with E-state index in [1.165, 1.54) is 0 Å². The van der Waals surface area contributed by atoms with E-state index in [9.17, 15) is 13.2 Å². The first-order valence-corrected chi connectivity index (χ1v) is 4.17. The third-order valence-corrected chi connectivity index (χ3v) is 1.76. The number of aryl methyl sites for hydroxylation is 1. The number of nitrogens with one attached hydrogen (secondary N) is 1. The van der Waals surface area contributed by atoms with Gasteiger partial charge in [0.1, 0.15) is 0 Å². The summed E-state index contributed by atoms with van der Waals surface area (Å²) in [6.07, 6.45) is -2.54. The summed E-state index contributed by atoms with van der Waals surface area (Å²) in [5.74, 6) is 0.